The third-order valence-electron chi connectivity index (χ3n) is 2.64. The van der Waals surface area contributed by atoms with E-state index < -0.39 is 0 Å². The Morgan fingerprint density at radius 3 is 2.35 bits per heavy atom. The van der Waals surface area contributed by atoms with Gasteiger partial charge in [-0.1, -0.05) is 18.2 Å². The maximum atomic E-state index is 5.84. The molecule has 2 rings (SSSR count). The number of para-hydroxylation sites is 1. The fourth-order valence-electron chi connectivity index (χ4n) is 1.67. The lowest BCUT2D eigenvalue weighted by Crippen LogP contribution is -1.99. The summed E-state index contributed by atoms with van der Waals surface area (Å²) in [6.45, 7) is 4.51. The van der Waals surface area contributed by atoms with Crippen molar-refractivity contribution in [2.45, 2.75) is 20.4 Å². The Hall–Kier alpha value is -1.87. The van der Waals surface area contributed by atoms with Crippen LogP contribution in [0.1, 0.15) is 16.8 Å². The van der Waals surface area contributed by atoms with Crippen molar-refractivity contribution in [3.8, 4) is 11.5 Å². The highest BCUT2D eigenvalue weighted by Gasteiger charge is 2.04. The topological polar surface area (TPSA) is 48.1 Å². The Labute approximate surface area is 101 Å². The minimum Gasteiger partial charge on any atom is -0.455 e. The Balaban J connectivity index is 2.25. The zero-order valence-electron chi connectivity index (χ0n) is 10.1. The number of pyridine rings is 1. The Kier molecular flexibility index (Phi) is 3.40. The molecule has 0 amide bonds. The van der Waals surface area contributed by atoms with E-state index in [1.54, 1.807) is 6.20 Å². The number of aromatic nitrogens is 1. The van der Waals surface area contributed by atoms with Gasteiger partial charge in [0, 0.05) is 6.54 Å². The molecule has 0 bridgehead atoms. The standard InChI is InChI=1S/C14H16N2O/c1-10-4-3-5-11(2)14(10)17-13-7-6-12(8-15)16-9-13/h3-7,9H,8,15H2,1-2H3. The molecule has 0 spiro atoms. The summed E-state index contributed by atoms with van der Waals surface area (Å²) >= 11 is 0. The lowest BCUT2D eigenvalue weighted by molar-refractivity contribution is 0.472. The molecule has 0 radical (unpaired) electrons. The van der Waals surface area contributed by atoms with Crippen molar-refractivity contribution in [3.63, 3.8) is 0 Å². The van der Waals surface area contributed by atoms with Gasteiger partial charge in [-0.3, -0.25) is 4.98 Å². The fourth-order valence-corrected chi connectivity index (χ4v) is 1.67. The number of nitrogens with two attached hydrogens (primary N) is 1. The molecule has 0 saturated heterocycles. The number of aryl methyl sites for hydroxylation is 2. The van der Waals surface area contributed by atoms with Crippen LogP contribution in [0.2, 0.25) is 0 Å². The smallest absolute Gasteiger partial charge is 0.145 e. The predicted molar refractivity (Wildman–Crippen MR) is 68.1 cm³/mol. The van der Waals surface area contributed by atoms with Gasteiger partial charge in [0.15, 0.2) is 0 Å². The van der Waals surface area contributed by atoms with Gasteiger partial charge in [-0.25, -0.2) is 0 Å². The van der Waals surface area contributed by atoms with Crippen LogP contribution in [-0.2, 0) is 6.54 Å². The SMILES string of the molecule is Cc1cccc(C)c1Oc1ccc(CN)nc1. The fraction of sp³-hybridized carbons (Fsp3) is 0.214. The largest absolute Gasteiger partial charge is 0.455 e. The third-order valence-corrected chi connectivity index (χ3v) is 2.64. The van der Waals surface area contributed by atoms with Gasteiger partial charge in [-0.05, 0) is 37.1 Å². The summed E-state index contributed by atoms with van der Waals surface area (Å²) < 4.78 is 5.84. The van der Waals surface area contributed by atoms with Gasteiger partial charge in [0.05, 0.1) is 11.9 Å². The van der Waals surface area contributed by atoms with Crippen LogP contribution in [0.4, 0.5) is 0 Å². The van der Waals surface area contributed by atoms with Crippen LogP contribution >= 0.6 is 0 Å². The van der Waals surface area contributed by atoms with Crippen LogP contribution in [-0.4, -0.2) is 4.98 Å². The van der Waals surface area contributed by atoms with Crippen LogP contribution in [0.3, 0.4) is 0 Å². The molecule has 88 valence electrons. The molecule has 0 fully saturated rings. The molecule has 3 heteroatoms. The maximum Gasteiger partial charge on any atom is 0.145 e. The monoisotopic (exact) mass is 228 g/mol. The number of hydrogen-bond donors (Lipinski definition) is 1. The van der Waals surface area contributed by atoms with Crippen LogP contribution in [0, 0.1) is 13.8 Å². The highest BCUT2D eigenvalue weighted by Crippen LogP contribution is 2.27. The number of rotatable bonds is 3. The second kappa shape index (κ2) is 4.97. The Morgan fingerprint density at radius 2 is 1.82 bits per heavy atom. The van der Waals surface area contributed by atoms with E-state index in [1.165, 1.54) is 0 Å². The van der Waals surface area contributed by atoms with Crippen molar-refractivity contribution in [2.75, 3.05) is 0 Å². The quantitative estimate of drug-likeness (QED) is 0.878. The molecule has 1 aromatic heterocycles. The van der Waals surface area contributed by atoms with Gasteiger partial charge in [-0.15, -0.1) is 0 Å². The maximum absolute atomic E-state index is 5.84. The molecule has 2 aromatic rings. The van der Waals surface area contributed by atoms with Crippen molar-refractivity contribution < 1.29 is 4.74 Å². The van der Waals surface area contributed by atoms with E-state index in [0.717, 1.165) is 28.3 Å². The Morgan fingerprint density at radius 1 is 1.12 bits per heavy atom. The number of ether oxygens (including phenoxy) is 1. The van der Waals surface area contributed by atoms with Crippen molar-refractivity contribution in [2.24, 2.45) is 5.73 Å². The van der Waals surface area contributed by atoms with Crippen LogP contribution < -0.4 is 10.5 Å². The highest BCUT2D eigenvalue weighted by atomic mass is 16.5. The van der Waals surface area contributed by atoms with E-state index in [2.05, 4.69) is 4.98 Å². The lowest BCUT2D eigenvalue weighted by atomic mass is 10.1. The number of hydrogen-bond acceptors (Lipinski definition) is 3. The van der Waals surface area contributed by atoms with E-state index in [9.17, 15) is 0 Å². The first kappa shape index (κ1) is 11.6. The van der Waals surface area contributed by atoms with E-state index in [1.807, 2.05) is 44.2 Å². The van der Waals surface area contributed by atoms with Gasteiger partial charge < -0.3 is 10.5 Å². The highest BCUT2D eigenvalue weighted by molar-refractivity contribution is 5.42. The molecule has 0 atom stereocenters. The second-order valence-corrected chi connectivity index (χ2v) is 4.01. The molecule has 3 nitrogen and oxygen atoms in total. The normalized spacial score (nSPS) is 10.3. The molecule has 0 aliphatic rings. The molecule has 17 heavy (non-hydrogen) atoms. The van der Waals surface area contributed by atoms with Crippen molar-refractivity contribution in [3.05, 3.63) is 53.3 Å². The molecule has 0 unspecified atom stereocenters. The molecule has 2 N–H and O–H groups in total. The average molecular weight is 228 g/mol. The van der Waals surface area contributed by atoms with Crippen molar-refractivity contribution in [1.29, 1.82) is 0 Å². The summed E-state index contributed by atoms with van der Waals surface area (Å²) in [7, 11) is 0. The van der Waals surface area contributed by atoms with E-state index >= 15 is 0 Å². The first-order valence-corrected chi connectivity index (χ1v) is 5.60. The molecule has 1 aromatic carbocycles. The molecular weight excluding hydrogens is 212 g/mol. The summed E-state index contributed by atoms with van der Waals surface area (Å²) in [5.74, 6) is 1.63. The number of nitrogens with zero attached hydrogens (tertiary/aromatic N) is 1. The van der Waals surface area contributed by atoms with Crippen molar-refractivity contribution >= 4 is 0 Å². The van der Waals surface area contributed by atoms with Gasteiger partial charge in [0.25, 0.3) is 0 Å². The average Bonchev–Trinajstić information content (AvgIpc) is 2.35. The molecule has 0 saturated carbocycles. The number of benzene rings is 1. The van der Waals surface area contributed by atoms with Gasteiger partial charge in [0.1, 0.15) is 11.5 Å². The first-order chi connectivity index (χ1) is 8.20. The third kappa shape index (κ3) is 2.63. The van der Waals surface area contributed by atoms with E-state index in [0.29, 0.717) is 6.54 Å². The minimum absolute atomic E-state index is 0.448. The summed E-state index contributed by atoms with van der Waals surface area (Å²) in [5.41, 5.74) is 8.59. The zero-order valence-corrected chi connectivity index (χ0v) is 10.1. The lowest BCUT2D eigenvalue weighted by Gasteiger charge is -2.11. The summed E-state index contributed by atoms with van der Waals surface area (Å²) in [4.78, 5) is 4.20. The van der Waals surface area contributed by atoms with Gasteiger partial charge >= 0.3 is 0 Å². The molecule has 0 aliphatic heterocycles. The van der Waals surface area contributed by atoms with E-state index in [-0.39, 0.29) is 0 Å². The van der Waals surface area contributed by atoms with Gasteiger partial charge in [-0.2, -0.15) is 0 Å². The van der Waals surface area contributed by atoms with Gasteiger partial charge in [0.2, 0.25) is 0 Å². The first-order valence-electron chi connectivity index (χ1n) is 5.60. The molecular formula is C14H16N2O. The molecule has 0 aliphatic carbocycles. The molecule has 1 heterocycles. The van der Waals surface area contributed by atoms with Crippen molar-refractivity contribution in [1.82, 2.24) is 4.98 Å². The summed E-state index contributed by atoms with van der Waals surface area (Å²) in [6.07, 6.45) is 1.70. The Bertz CT molecular complexity index is 486. The van der Waals surface area contributed by atoms with Crippen LogP contribution in [0.15, 0.2) is 36.5 Å². The second-order valence-electron chi connectivity index (χ2n) is 4.01. The van der Waals surface area contributed by atoms with E-state index in [4.69, 9.17) is 10.5 Å². The van der Waals surface area contributed by atoms with Crippen LogP contribution in [0.25, 0.3) is 0 Å². The predicted octanol–water partition coefficient (Wildman–Crippen LogP) is 2.95. The summed E-state index contributed by atoms with van der Waals surface area (Å²) in [5, 5.41) is 0. The van der Waals surface area contributed by atoms with Crippen LogP contribution in [0.5, 0.6) is 11.5 Å². The summed E-state index contributed by atoms with van der Waals surface area (Å²) in [6, 6.07) is 9.85. The zero-order chi connectivity index (χ0) is 12.3. The minimum atomic E-state index is 0.448.